The molecular formula is C64H43NO. The number of fused-ring (bicyclic) bond motifs is 15. The van der Waals surface area contributed by atoms with Crippen molar-refractivity contribution >= 4 is 39.0 Å². The molecule has 0 radical (unpaired) electrons. The van der Waals surface area contributed by atoms with Crippen LogP contribution in [0, 0.1) is 0 Å². The van der Waals surface area contributed by atoms with Crippen molar-refractivity contribution in [1.82, 2.24) is 0 Å². The van der Waals surface area contributed by atoms with Crippen LogP contribution in [-0.4, -0.2) is 0 Å². The highest BCUT2D eigenvalue weighted by atomic mass is 16.3. The van der Waals surface area contributed by atoms with Crippen molar-refractivity contribution in [3.63, 3.8) is 0 Å². The lowest BCUT2D eigenvalue weighted by molar-refractivity contribution is 0.632. The van der Waals surface area contributed by atoms with Gasteiger partial charge in [0.15, 0.2) is 0 Å². The maximum Gasteiger partial charge on any atom is 0.143 e. The van der Waals surface area contributed by atoms with Crippen molar-refractivity contribution in [2.75, 3.05) is 4.90 Å². The molecule has 2 heterocycles. The molecule has 0 atom stereocenters. The molecule has 2 heteroatoms. The topological polar surface area (TPSA) is 16.4 Å². The number of hydrogen-bond acceptors (Lipinski definition) is 2. The zero-order valence-electron chi connectivity index (χ0n) is 36.7. The summed E-state index contributed by atoms with van der Waals surface area (Å²) in [7, 11) is 0. The summed E-state index contributed by atoms with van der Waals surface area (Å²) in [5.74, 6) is 0. The smallest absolute Gasteiger partial charge is 0.143 e. The van der Waals surface area contributed by atoms with Crippen molar-refractivity contribution in [2.45, 2.75) is 24.7 Å². The number of nitrogens with zero attached hydrogens (tertiary/aromatic N) is 1. The van der Waals surface area contributed by atoms with Gasteiger partial charge >= 0.3 is 0 Å². The number of furan rings is 1. The maximum absolute atomic E-state index is 7.09. The Morgan fingerprint density at radius 3 is 1.39 bits per heavy atom. The Morgan fingerprint density at radius 1 is 0.364 bits per heavy atom. The first-order valence-corrected chi connectivity index (χ1v) is 23.1. The van der Waals surface area contributed by atoms with Crippen LogP contribution in [0.3, 0.4) is 0 Å². The molecule has 310 valence electrons. The van der Waals surface area contributed by atoms with Gasteiger partial charge in [0.25, 0.3) is 0 Å². The predicted molar refractivity (Wildman–Crippen MR) is 273 cm³/mol. The van der Waals surface area contributed by atoms with Gasteiger partial charge in [0.05, 0.1) is 16.8 Å². The molecule has 2 aliphatic carbocycles. The molecule has 1 aliphatic heterocycles. The van der Waals surface area contributed by atoms with Crippen LogP contribution in [0.2, 0.25) is 0 Å². The fraction of sp³-hybridized carbons (Fsp3) is 0.0625. The summed E-state index contributed by atoms with van der Waals surface area (Å²) >= 11 is 0. The molecule has 66 heavy (non-hydrogen) atoms. The predicted octanol–water partition coefficient (Wildman–Crippen LogP) is 17.0. The highest BCUT2D eigenvalue weighted by molar-refractivity contribution is 6.15. The quantitative estimate of drug-likeness (QED) is 0.176. The van der Waals surface area contributed by atoms with Crippen LogP contribution in [0.15, 0.2) is 229 Å². The Labute approximate surface area is 384 Å². The molecule has 0 N–H and O–H groups in total. The van der Waals surface area contributed by atoms with E-state index in [-0.39, 0.29) is 5.41 Å². The van der Waals surface area contributed by atoms with Crippen molar-refractivity contribution in [1.29, 1.82) is 0 Å². The van der Waals surface area contributed by atoms with Gasteiger partial charge in [-0.1, -0.05) is 190 Å². The minimum absolute atomic E-state index is 0.272. The molecule has 0 amide bonds. The largest absolute Gasteiger partial charge is 0.455 e. The van der Waals surface area contributed by atoms with Crippen LogP contribution in [0.1, 0.15) is 47.2 Å². The monoisotopic (exact) mass is 841 g/mol. The van der Waals surface area contributed by atoms with E-state index in [1.165, 1.54) is 89.3 Å². The van der Waals surface area contributed by atoms with E-state index in [0.717, 1.165) is 38.8 Å². The standard InChI is InChI=1S/C64H43NO/c1-63(2)55-37-43(40-17-5-3-6-18-40)31-35-57(55)65(58-36-32-44(38-56(58)63)41-19-7-4-8-20-41)45-33-29-42(30-34-45)60-61-50(39-51-49-24-12-16-28-59(49)66-62(51)60)48-23-11-15-27-54(48)64(61)52-25-13-9-21-46(52)47-22-10-14-26-53(47)64/h3-39H,1-2H3. The van der Waals surface area contributed by atoms with Gasteiger partial charge in [0.1, 0.15) is 11.2 Å². The highest BCUT2D eigenvalue weighted by Crippen LogP contribution is 2.66. The van der Waals surface area contributed by atoms with E-state index >= 15 is 0 Å². The van der Waals surface area contributed by atoms with Crippen molar-refractivity contribution in [3.8, 4) is 55.6 Å². The van der Waals surface area contributed by atoms with Gasteiger partial charge < -0.3 is 9.32 Å². The lowest BCUT2D eigenvalue weighted by Crippen LogP contribution is -2.30. The van der Waals surface area contributed by atoms with Crippen LogP contribution in [0.4, 0.5) is 17.1 Å². The van der Waals surface area contributed by atoms with Crippen molar-refractivity contribution < 1.29 is 4.42 Å². The average molecular weight is 842 g/mol. The van der Waals surface area contributed by atoms with Crippen molar-refractivity contribution in [3.05, 3.63) is 258 Å². The summed E-state index contributed by atoms with van der Waals surface area (Å²) in [5, 5.41) is 2.27. The maximum atomic E-state index is 7.09. The van der Waals surface area contributed by atoms with E-state index in [9.17, 15) is 0 Å². The zero-order chi connectivity index (χ0) is 43.7. The zero-order valence-corrected chi connectivity index (χ0v) is 36.7. The van der Waals surface area contributed by atoms with Crippen LogP contribution in [0.5, 0.6) is 0 Å². The van der Waals surface area contributed by atoms with Gasteiger partial charge in [0.2, 0.25) is 0 Å². The van der Waals surface area contributed by atoms with Crippen molar-refractivity contribution in [2.24, 2.45) is 0 Å². The van der Waals surface area contributed by atoms with Gasteiger partial charge in [-0.25, -0.2) is 0 Å². The van der Waals surface area contributed by atoms with E-state index in [4.69, 9.17) is 4.42 Å². The minimum Gasteiger partial charge on any atom is -0.455 e. The summed E-state index contributed by atoms with van der Waals surface area (Å²) in [6.07, 6.45) is 0. The van der Waals surface area contributed by atoms with E-state index in [0.29, 0.717) is 0 Å². The fourth-order valence-electron chi connectivity index (χ4n) is 12.1. The lowest BCUT2D eigenvalue weighted by atomic mass is 9.68. The third-order valence-corrected chi connectivity index (χ3v) is 15.1. The summed E-state index contributed by atoms with van der Waals surface area (Å²) in [4.78, 5) is 2.48. The van der Waals surface area contributed by atoms with Gasteiger partial charge in [-0.05, 0) is 132 Å². The van der Waals surface area contributed by atoms with Gasteiger partial charge in [-0.2, -0.15) is 0 Å². The molecular weight excluding hydrogens is 799 g/mol. The molecule has 0 saturated heterocycles. The first-order valence-electron chi connectivity index (χ1n) is 23.1. The molecule has 14 rings (SSSR count). The molecule has 10 aromatic carbocycles. The fourth-order valence-corrected chi connectivity index (χ4v) is 12.1. The molecule has 2 nitrogen and oxygen atoms in total. The number of hydrogen-bond donors (Lipinski definition) is 0. The van der Waals surface area contributed by atoms with Crippen LogP contribution in [0.25, 0.3) is 77.6 Å². The first kappa shape index (κ1) is 37.2. The Bertz CT molecular complexity index is 3640. The Morgan fingerprint density at radius 2 is 0.833 bits per heavy atom. The normalized spacial score (nSPS) is 14.4. The first-order chi connectivity index (χ1) is 32.5. The second kappa shape index (κ2) is 13.7. The SMILES string of the molecule is CC1(C)c2cc(-c3ccccc3)ccc2N(c2ccc(-c3c4c(cc5c3oc3ccccc35)-c3ccccc3C43c4ccccc4-c4ccccc43)cc2)c2ccc(-c3ccccc3)cc21. The van der Waals surface area contributed by atoms with E-state index in [1.807, 2.05) is 0 Å². The van der Waals surface area contributed by atoms with Crippen LogP contribution < -0.4 is 4.90 Å². The van der Waals surface area contributed by atoms with Gasteiger partial charge in [-0.3, -0.25) is 0 Å². The molecule has 0 bridgehead atoms. The Hall–Kier alpha value is -8.20. The Kier molecular flexibility index (Phi) is 7.70. The lowest BCUT2D eigenvalue weighted by Gasteiger charge is -2.42. The molecule has 0 saturated carbocycles. The van der Waals surface area contributed by atoms with Crippen LogP contribution >= 0.6 is 0 Å². The number of rotatable bonds is 4. The van der Waals surface area contributed by atoms with Crippen LogP contribution in [-0.2, 0) is 10.8 Å². The molecule has 1 spiro atoms. The molecule has 1 aromatic heterocycles. The highest BCUT2D eigenvalue weighted by Gasteiger charge is 2.53. The summed E-state index contributed by atoms with van der Waals surface area (Å²) in [6.45, 7) is 4.77. The molecule has 11 aromatic rings. The number of benzene rings is 10. The van der Waals surface area contributed by atoms with E-state index in [2.05, 4.69) is 243 Å². The second-order valence-corrected chi connectivity index (χ2v) is 18.7. The number of anilines is 3. The summed E-state index contributed by atoms with van der Waals surface area (Å²) in [5.41, 5.74) is 24.6. The summed E-state index contributed by atoms with van der Waals surface area (Å²) in [6, 6.07) is 83.1. The second-order valence-electron chi connectivity index (χ2n) is 18.7. The van der Waals surface area contributed by atoms with E-state index in [1.54, 1.807) is 0 Å². The third-order valence-electron chi connectivity index (χ3n) is 15.1. The average Bonchev–Trinajstić information content (AvgIpc) is 4.00. The molecule has 0 fully saturated rings. The third kappa shape index (κ3) is 4.96. The number of para-hydroxylation sites is 1. The van der Waals surface area contributed by atoms with Gasteiger partial charge in [0, 0.05) is 27.4 Å². The summed E-state index contributed by atoms with van der Waals surface area (Å²) < 4.78 is 7.09. The Balaban J connectivity index is 1.02. The van der Waals surface area contributed by atoms with Gasteiger partial charge in [-0.15, -0.1) is 0 Å². The van der Waals surface area contributed by atoms with E-state index < -0.39 is 5.41 Å². The minimum atomic E-state index is -0.538. The molecule has 0 unspecified atom stereocenters. The molecule has 3 aliphatic rings.